The van der Waals surface area contributed by atoms with Crippen molar-refractivity contribution in [2.24, 2.45) is 4.99 Å². The summed E-state index contributed by atoms with van der Waals surface area (Å²) in [5.74, 6) is 1.29. The summed E-state index contributed by atoms with van der Waals surface area (Å²) in [5, 5.41) is 7.17. The third-order valence-electron chi connectivity index (χ3n) is 4.91. The number of aliphatic imine (C=N–C) groups is 1. The molecule has 2 aromatic rings. The topological polar surface area (TPSA) is 85.8 Å². The highest BCUT2D eigenvalue weighted by Crippen LogP contribution is 2.19. The Morgan fingerprint density at radius 2 is 2.03 bits per heavy atom. The summed E-state index contributed by atoms with van der Waals surface area (Å²) in [6, 6.07) is 6.10. The van der Waals surface area contributed by atoms with Crippen molar-refractivity contribution in [1.29, 1.82) is 0 Å². The summed E-state index contributed by atoms with van der Waals surface area (Å²) in [6.07, 6.45) is 1.02. The number of halogens is 1. The van der Waals surface area contributed by atoms with Gasteiger partial charge in [0, 0.05) is 57.2 Å². The van der Waals surface area contributed by atoms with Gasteiger partial charge < -0.3 is 20.4 Å². The van der Waals surface area contributed by atoms with Crippen LogP contribution in [0.25, 0.3) is 0 Å². The maximum absolute atomic E-state index is 13.2. The number of aryl methyl sites for hydroxylation is 1. The fraction of sp³-hybridized carbons (Fsp3) is 0.524. The van der Waals surface area contributed by atoms with Crippen LogP contribution < -0.4 is 15.5 Å². The lowest BCUT2D eigenvalue weighted by atomic mass is 10.1. The quantitative estimate of drug-likeness (QED) is 0.364. The van der Waals surface area contributed by atoms with Gasteiger partial charge in [0.05, 0.1) is 13.0 Å². The molecule has 0 radical (unpaired) electrons. The second kappa shape index (κ2) is 11.6. The van der Waals surface area contributed by atoms with Gasteiger partial charge in [-0.1, -0.05) is 19.1 Å². The van der Waals surface area contributed by atoms with Crippen molar-refractivity contribution in [1.82, 2.24) is 24.9 Å². The van der Waals surface area contributed by atoms with Gasteiger partial charge in [0.25, 0.3) is 0 Å². The number of nitrogens with one attached hydrogen (secondary N) is 2. The highest BCUT2D eigenvalue weighted by atomic mass is 32.1. The van der Waals surface area contributed by atoms with Crippen LogP contribution in [0.3, 0.4) is 0 Å². The van der Waals surface area contributed by atoms with Crippen molar-refractivity contribution in [3.05, 3.63) is 41.5 Å². The Hall–Kier alpha value is -2.75. The van der Waals surface area contributed by atoms with Gasteiger partial charge in [-0.05, 0) is 24.6 Å². The van der Waals surface area contributed by atoms with E-state index in [4.69, 9.17) is 0 Å². The summed E-state index contributed by atoms with van der Waals surface area (Å²) in [5.41, 5.74) is 0.661. The molecule has 0 aliphatic carbocycles. The Morgan fingerprint density at radius 3 is 2.71 bits per heavy atom. The zero-order chi connectivity index (χ0) is 22.1. The van der Waals surface area contributed by atoms with Crippen LogP contribution in [-0.4, -0.2) is 71.9 Å². The number of rotatable bonds is 8. The van der Waals surface area contributed by atoms with E-state index in [1.165, 1.54) is 23.7 Å². The second-order valence-corrected chi connectivity index (χ2v) is 7.94. The first kappa shape index (κ1) is 22.9. The number of guanidine groups is 1. The molecule has 8 nitrogen and oxygen atoms in total. The molecule has 0 atom stereocenters. The van der Waals surface area contributed by atoms with E-state index in [2.05, 4.69) is 41.7 Å². The molecule has 0 bridgehead atoms. The normalized spacial score (nSPS) is 14.6. The van der Waals surface area contributed by atoms with E-state index in [9.17, 15) is 9.18 Å². The van der Waals surface area contributed by atoms with Gasteiger partial charge in [0.15, 0.2) is 5.96 Å². The third kappa shape index (κ3) is 6.88. The van der Waals surface area contributed by atoms with Crippen molar-refractivity contribution < 1.29 is 9.18 Å². The van der Waals surface area contributed by atoms with Gasteiger partial charge in [-0.3, -0.25) is 9.79 Å². The number of nitrogens with zero attached hydrogens (tertiary/aromatic N) is 5. The molecule has 2 N–H and O–H groups in total. The molecule has 3 rings (SSSR count). The van der Waals surface area contributed by atoms with Gasteiger partial charge in [0.2, 0.25) is 11.0 Å². The molecular weight excluding hydrogens is 417 g/mol. The predicted octanol–water partition coefficient (Wildman–Crippen LogP) is 1.69. The molecule has 1 amide bonds. The summed E-state index contributed by atoms with van der Waals surface area (Å²) in [7, 11) is 0. The zero-order valence-corrected chi connectivity index (χ0v) is 18.9. The van der Waals surface area contributed by atoms with E-state index < -0.39 is 0 Å². The molecular formula is C21H30FN7OS. The van der Waals surface area contributed by atoms with Crippen LogP contribution in [0.5, 0.6) is 0 Å². The zero-order valence-electron chi connectivity index (χ0n) is 18.1. The number of hydrogen-bond acceptors (Lipinski definition) is 6. The molecule has 2 heterocycles. The minimum atomic E-state index is -0.331. The SMILES string of the molecule is CCNC(=NCCNC(=O)Cc1cccc(F)c1)N1CCN(c2nc(CC)ns2)CC1. The summed E-state index contributed by atoms with van der Waals surface area (Å²) in [6.45, 7) is 9.23. The van der Waals surface area contributed by atoms with Crippen molar-refractivity contribution in [2.75, 3.05) is 50.7 Å². The van der Waals surface area contributed by atoms with E-state index in [0.717, 1.165) is 56.1 Å². The van der Waals surface area contributed by atoms with Gasteiger partial charge in [-0.15, -0.1) is 0 Å². The molecule has 1 aromatic carbocycles. The van der Waals surface area contributed by atoms with E-state index in [1.807, 2.05) is 6.92 Å². The standard InChI is InChI=1S/C21H30FN7OS/c1-3-18-26-21(31-27-18)29-12-10-28(11-13-29)20(23-4-2)25-9-8-24-19(30)15-16-6-5-7-17(22)14-16/h5-7,14H,3-4,8-13,15H2,1-2H3,(H,23,25)(H,24,30). The van der Waals surface area contributed by atoms with E-state index in [1.54, 1.807) is 12.1 Å². The number of amides is 1. The van der Waals surface area contributed by atoms with Crippen molar-refractivity contribution in [3.8, 4) is 0 Å². The highest BCUT2D eigenvalue weighted by Gasteiger charge is 2.22. The predicted molar refractivity (Wildman–Crippen MR) is 122 cm³/mol. The van der Waals surface area contributed by atoms with E-state index in [-0.39, 0.29) is 18.1 Å². The lowest BCUT2D eigenvalue weighted by Crippen LogP contribution is -2.52. The molecule has 0 saturated carbocycles. The first-order chi connectivity index (χ1) is 15.1. The van der Waals surface area contributed by atoms with Crippen LogP contribution in [0.4, 0.5) is 9.52 Å². The first-order valence-corrected chi connectivity index (χ1v) is 11.5. The first-order valence-electron chi connectivity index (χ1n) is 10.7. The van der Waals surface area contributed by atoms with Crippen molar-refractivity contribution in [2.45, 2.75) is 26.7 Å². The molecule has 0 spiro atoms. The largest absolute Gasteiger partial charge is 0.357 e. The lowest BCUT2D eigenvalue weighted by Gasteiger charge is -2.36. The highest BCUT2D eigenvalue weighted by molar-refractivity contribution is 7.09. The maximum atomic E-state index is 13.2. The average molecular weight is 448 g/mol. The summed E-state index contributed by atoms with van der Waals surface area (Å²) >= 11 is 1.46. The Labute approximate surface area is 186 Å². The van der Waals surface area contributed by atoms with Crippen molar-refractivity contribution in [3.63, 3.8) is 0 Å². The second-order valence-electron chi connectivity index (χ2n) is 7.21. The van der Waals surface area contributed by atoms with E-state index in [0.29, 0.717) is 18.7 Å². The molecule has 1 saturated heterocycles. The number of carbonyl (C=O) groups is 1. The minimum absolute atomic E-state index is 0.136. The molecule has 31 heavy (non-hydrogen) atoms. The van der Waals surface area contributed by atoms with Gasteiger partial charge in [0.1, 0.15) is 11.6 Å². The Balaban J connectivity index is 1.45. The van der Waals surface area contributed by atoms with Gasteiger partial charge >= 0.3 is 0 Å². The van der Waals surface area contributed by atoms with Crippen LogP contribution >= 0.6 is 11.5 Å². The fourth-order valence-electron chi connectivity index (χ4n) is 3.30. The number of benzene rings is 1. The Morgan fingerprint density at radius 1 is 1.23 bits per heavy atom. The monoisotopic (exact) mass is 447 g/mol. The molecule has 1 aliphatic rings. The maximum Gasteiger partial charge on any atom is 0.224 e. The number of aromatic nitrogens is 2. The molecule has 1 aromatic heterocycles. The number of hydrogen-bond donors (Lipinski definition) is 2. The summed E-state index contributed by atoms with van der Waals surface area (Å²) < 4.78 is 17.6. The lowest BCUT2D eigenvalue weighted by molar-refractivity contribution is -0.120. The Kier molecular flexibility index (Phi) is 8.57. The molecule has 1 fully saturated rings. The molecule has 168 valence electrons. The fourth-order valence-corrected chi connectivity index (χ4v) is 4.11. The number of anilines is 1. The van der Waals surface area contributed by atoms with Crippen LogP contribution in [0.2, 0.25) is 0 Å². The summed E-state index contributed by atoms with van der Waals surface area (Å²) in [4.78, 5) is 25.8. The average Bonchev–Trinajstić information content (AvgIpc) is 3.25. The van der Waals surface area contributed by atoms with Crippen LogP contribution in [0, 0.1) is 5.82 Å². The van der Waals surface area contributed by atoms with Crippen molar-refractivity contribution >= 4 is 28.5 Å². The molecule has 1 aliphatic heterocycles. The number of carbonyl (C=O) groups excluding carboxylic acids is 1. The minimum Gasteiger partial charge on any atom is -0.357 e. The molecule has 0 unspecified atom stereocenters. The van der Waals surface area contributed by atoms with Gasteiger partial charge in [-0.25, -0.2) is 9.37 Å². The smallest absolute Gasteiger partial charge is 0.224 e. The third-order valence-corrected chi connectivity index (χ3v) is 5.72. The Bertz CT molecular complexity index is 880. The van der Waals surface area contributed by atoms with E-state index >= 15 is 0 Å². The van der Waals surface area contributed by atoms with Crippen LogP contribution in [-0.2, 0) is 17.6 Å². The number of piperazine rings is 1. The molecule has 10 heteroatoms. The van der Waals surface area contributed by atoms with Crippen LogP contribution in [0.1, 0.15) is 25.2 Å². The van der Waals surface area contributed by atoms with Gasteiger partial charge in [-0.2, -0.15) is 4.37 Å². The van der Waals surface area contributed by atoms with Crippen LogP contribution in [0.15, 0.2) is 29.3 Å².